The van der Waals surface area contributed by atoms with Crippen molar-refractivity contribution in [3.05, 3.63) is 11.1 Å². The molecule has 0 bridgehead atoms. The van der Waals surface area contributed by atoms with Gasteiger partial charge in [0.25, 0.3) is 11.8 Å². The number of oxime groups is 1. The van der Waals surface area contributed by atoms with Gasteiger partial charge in [-0.1, -0.05) is 5.16 Å². The molecule has 182 valence electrons. The maximum atomic E-state index is 12.7. The van der Waals surface area contributed by atoms with Crippen molar-refractivity contribution in [1.82, 2.24) is 14.6 Å². The van der Waals surface area contributed by atoms with Crippen LogP contribution < -0.4 is 40.2 Å². The van der Waals surface area contributed by atoms with Gasteiger partial charge in [0.1, 0.15) is 25.3 Å². The minimum absolute atomic E-state index is 0. The number of hydrogen-bond donors (Lipinski definition) is 2. The van der Waals surface area contributed by atoms with Crippen LogP contribution in [0.15, 0.2) is 10.5 Å². The standard InChI is InChI=1S/C15H18ClN5O10S2.Na/c1-3-30-9(23)5-31-14-11(13(25)21(14)33(26,27)28)19-12(24)10(20-29-2)7-6-32-15(17-7)18-8(22)4-16;/h6,11,14H,3-5H2,1-2H3,(H,19,24)(H,17,18,22)(H,26,27,28);/q;+1/p-1/t11-,14-;/m1./s1. The number of alkyl halides is 1. The Hall–Kier alpha value is -1.86. The summed E-state index contributed by atoms with van der Waals surface area (Å²) >= 11 is 6.33. The smallest absolute Gasteiger partial charge is 0.731 e. The van der Waals surface area contributed by atoms with Crippen LogP contribution in [0, 0.1) is 0 Å². The number of amides is 3. The van der Waals surface area contributed by atoms with Crippen LogP contribution in [-0.2, 0) is 43.8 Å². The van der Waals surface area contributed by atoms with E-state index in [9.17, 15) is 32.1 Å². The molecule has 2 N–H and O–H groups in total. The first-order valence-corrected chi connectivity index (χ1v) is 11.6. The second-order valence-corrected chi connectivity index (χ2v) is 8.27. The fraction of sp³-hybridized carbons (Fsp3) is 0.467. The van der Waals surface area contributed by atoms with E-state index in [4.69, 9.17) is 16.3 Å². The Morgan fingerprint density at radius 1 is 1.38 bits per heavy atom. The molecule has 2 heterocycles. The molecule has 1 saturated heterocycles. The van der Waals surface area contributed by atoms with Gasteiger partial charge in [0, 0.05) is 5.38 Å². The second kappa shape index (κ2) is 13.3. The van der Waals surface area contributed by atoms with Crippen LogP contribution in [0.1, 0.15) is 12.6 Å². The van der Waals surface area contributed by atoms with E-state index in [1.165, 1.54) is 12.3 Å². The van der Waals surface area contributed by atoms with Crippen molar-refractivity contribution in [2.45, 2.75) is 19.2 Å². The first-order chi connectivity index (χ1) is 15.5. The Morgan fingerprint density at radius 2 is 2.06 bits per heavy atom. The van der Waals surface area contributed by atoms with Crippen molar-refractivity contribution in [2.75, 3.05) is 31.5 Å². The molecular formula is C15H17ClN5NaO10S2. The normalized spacial score (nSPS) is 17.8. The summed E-state index contributed by atoms with van der Waals surface area (Å²) in [5.74, 6) is -4.11. The zero-order valence-corrected chi connectivity index (χ0v) is 22.4. The van der Waals surface area contributed by atoms with E-state index >= 15 is 0 Å². The molecule has 15 nitrogen and oxygen atoms in total. The Kier molecular flexibility index (Phi) is 11.8. The molecule has 2 rings (SSSR count). The molecule has 0 unspecified atom stereocenters. The van der Waals surface area contributed by atoms with E-state index in [1.54, 1.807) is 0 Å². The van der Waals surface area contributed by atoms with Crippen molar-refractivity contribution < 1.29 is 76.0 Å². The van der Waals surface area contributed by atoms with Crippen LogP contribution in [0.2, 0.25) is 0 Å². The molecule has 0 aromatic carbocycles. The van der Waals surface area contributed by atoms with Crippen LogP contribution in [0.4, 0.5) is 5.13 Å². The van der Waals surface area contributed by atoms with E-state index in [-0.39, 0.29) is 57.2 Å². The van der Waals surface area contributed by atoms with Crippen LogP contribution in [0.3, 0.4) is 0 Å². The zero-order valence-electron chi connectivity index (χ0n) is 18.0. The number of carbonyl (C=O) groups is 4. The number of anilines is 1. The van der Waals surface area contributed by atoms with Gasteiger partial charge in [0.15, 0.2) is 33.4 Å². The fourth-order valence-corrected chi connectivity index (χ4v) is 3.98. The molecule has 1 aliphatic rings. The average molecular weight is 550 g/mol. The summed E-state index contributed by atoms with van der Waals surface area (Å²) in [6.45, 7) is 0.732. The molecule has 0 saturated carbocycles. The van der Waals surface area contributed by atoms with E-state index in [1.807, 2.05) is 0 Å². The van der Waals surface area contributed by atoms with Gasteiger partial charge >= 0.3 is 35.5 Å². The van der Waals surface area contributed by atoms with E-state index < -0.39 is 58.6 Å². The molecule has 2 atom stereocenters. The molecule has 1 aromatic heterocycles. The number of nitrogens with zero attached hydrogens (tertiary/aromatic N) is 3. The molecule has 0 spiro atoms. The summed E-state index contributed by atoms with van der Waals surface area (Å²) in [6.07, 6.45) is -1.80. The largest absolute Gasteiger partial charge is 1.00 e. The SMILES string of the molecule is CCOC(=O)CO[C@@H]1[C@H](NC(=O)C(=NOC)c2csc(NC(=O)CCl)n2)C(=O)N1S(=O)(=O)[O-].[Na+]. The number of rotatable bonds is 11. The molecule has 0 radical (unpaired) electrons. The number of esters is 1. The van der Waals surface area contributed by atoms with Crippen molar-refractivity contribution in [1.29, 1.82) is 0 Å². The van der Waals surface area contributed by atoms with Gasteiger partial charge in [-0.2, -0.15) is 0 Å². The number of nitrogens with one attached hydrogen (secondary N) is 2. The Labute approximate surface area is 224 Å². The predicted octanol–water partition coefficient (Wildman–Crippen LogP) is -4.63. The number of halogens is 1. The third-order valence-electron chi connectivity index (χ3n) is 3.72. The number of ether oxygens (including phenoxy) is 2. The van der Waals surface area contributed by atoms with Crippen molar-refractivity contribution >= 4 is 67.8 Å². The van der Waals surface area contributed by atoms with E-state index in [2.05, 4.69) is 30.3 Å². The van der Waals surface area contributed by atoms with Crippen LogP contribution in [0.5, 0.6) is 0 Å². The second-order valence-electron chi connectivity index (χ2n) is 5.89. The summed E-state index contributed by atoms with van der Waals surface area (Å²) in [4.78, 5) is 56.3. The summed E-state index contributed by atoms with van der Waals surface area (Å²) in [7, 11) is -4.17. The van der Waals surface area contributed by atoms with Gasteiger partial charge in [-0.05, 0) is 6.92 Å². The number of hydrogen-bond acceptors (Lipinski definition) is 13. The first-order valence-electron chi connectivity index (χ1n) is 8.83. The molecule has 3 amide bonds. The molecule has 34 heavy (non-hydrogen) atoms. The third kappa shape index (κ3) is 7.57. The number of aromatic nitrogens is 1. The summed E-state index contributed by atoms with van der Waals surface area (Å²) in [5, 5.41) is 9.48. The summed E-state index contributed by atoms with van der Waals surface area (Å²) in [5.41, 5.74) is -0.506. The van der Waals surface area contributed by atoms with Crippen molar-refractivity contribution in [2.24, 2.45) is 5.16 Å². The van der Waals surface area contributed by atoms with Gasteiger partial charge in [-0.25, -0.2) is 22.5 Å². The molecule has 19 heteroatoms. The van der Waals surface area contributed by atoms with Crippen LogP contribution in [0.25, 0.3) is 0 Å². The summed E-state index contributed by atoms with van der Waals surface area (Å²) in [6, 6.07) is -1.65. The number of β-lactam (4-membered cyclic amide) rings is 1. The zero-order chi connectivity index (χ0) is 24.8. The molecular weight excluding hydrogens is 533 g/mol. The number of carbonyl (C=O) groups excluding carboxylic acids is 4. The Balaban J connectivity index is 0.00000578. The Morgan fingerprint density at radius 3 is 2.62 bits per heavy atom. The predicted molar refractivity (Wildman–Crippen MR) is 110 cm³/mol. The minimum atomic E-state index is -5.30. The Bertz CT molecular complexity index is 1070. The third-order valence-corrected chi connectivity index (χ3v) is 5.59. The van der Waals surface area contributed by atoms with Gasteiger partial charge in [-0.15, -0.1) is 22.9 Å². The quantitative estimate of drug-likeness (QED) is 0.0510. The van der Waals surface area contributed by atoms with Gasteiger partial charge in [0.05, 0.1) is 6.61 Å². The molecule has 1 aromatic rings. The fourth-order valence-electron chi connectivity index (χ4n) is 2.43. The average Bonchev–Trinajstić information content (AvgIpc) is 3.19. The summed E-state index contributed by atoms with van der Waals surface area (Å²) < 4.78 is 43.5. The van der Waals surface area contributed by atoms with Crippen LogP contribution in [-0.4, -0.2) is 90.1 Å². The molecule has 1 fully saturated rings. The molecule has 1 aliphatic heterocycles. The minimum Gasteiger partial charge on any atom is -0.731 e. The maximum absolute atomic E-state index is 12.7. The van der Waals surface area contributed by atoms with Gasteiger partial charge in [0.2, 0.25) is 5.91 Å². The van der Waals surface area contributed by atoms with Crippen LogP contribution >= 0.6 is 22.9 Å². The van der Waals surface area contributed by atoms with E-state index in [0.717, 1.165) is 18.4 Å². The number of thiazole rings is 1. The maximum Gasteiger partial charge on any atom is 1.00 e. The first kappa shape index (κ1) is 30.2. The van der Waals surface area contributed by atoms with Gasteiger partial charge < -0.3 is 29.5 Å². The van der Waals surface area contributed by atoms with Gasteiger partial charge in [-0.3, -0.25) is 14.4 Å². The monoisotopic (exact) mass is 549 g/mol. The molecule has 0 aliphatic carbocycles. The van der Waals surface area contributed by atoms with Crippen molar-refractivity contribution in [3.8, 4) is 0 Å². The topological polar surface area (TPSA) is 206 Å². The van der Waals surface area contributed by atoms with Crippen molar-refractivity contribution in [3.63, 3.8) is 0 Å². The van der Waals surface area contributed by atoms with E-state index in [0.29, 0.717) is 0 Å².